The maximum Gasteiger partial charge on any atom is 0.407 e. The highest BCUT2D eigenvalue weighted by molar-refractivity contribution is 7.89. The van der Waals surface area contributed by atoms with E-state index in [-0.39, 0.29) is 30.0 Å². The maximum atomic E-state index is 13.9. The number of carbonyl (C=O) groups is 2. The van der Waals surface area contributed by atoms with Crippen molar-refractivity contribution in [2.24, 2.45) is 5.92 Å². The molecule has 0 spiro atoms. The Kier molecular flexibility index (Phi) is 9.68. The summed E-state index contributed by atoms with van der Waals surface area (Å²) < 4.78 is 39.0. The first-order valence-corrected chi connectivity index (χ1v) is 13.3. The molecular weight excluding hydrogens is 486 g/mol. The van der Waals surface area contributed by atoms with Crippen LogP contribution < -0.4 is 15.5 Å². The average Bonchev–Trinajstić information content (AvgIpc) is 2.89. The first-order chi connectivity index (χ1) is 17.3. The van der Waals surface area contributed by atoms with Gasteiger partial charge in [0.1, 0.15) is 11.8 Å². The minimum Gasteiger partial charge on any atom is -0.497 e. The van der Waals surface area contributed by atoms with Gasteiger partial charge in [-0.3, -0.25) is 10.0 Å². The fraction of sp³-hybridized carbons (Fsp3) is 0.440. The lowest BCUT2D eigenvalue weighted by molar-refractivity contribution is -0.135. The van der Waals surface area contributed by atoms with Gasteiger partial charge in [0.05, 0.1) is 18.6 Å². The molecule has 0 aliphatic heterocycles. The minimum absolute atomic E-state index is 0.00707. The van der Waals surface area contributed by atoms with Crippen molar-refractivity contribution in [3.63, 3.8) is 0 Å². The molecule has 3 N–H and O–H groups in total. The highest BCUT2D eigenvalue weighted by atomic mass is 32.2. The van der Waals surface area contributed by atoms with E-state index in [4.69, 9.17) is 9.47 Å². The van der Waals surface area contributed by atoms with E-state index in [1.54, 1.807) is 48.8 Å². The molecular formula is C25H33N3O7S. The maximum absolute atomic E-state index is 13.9. The topological polar surface area (TPSA) is 134 Å². The quantitative estimate of drug-likeness (QED) is 0.324. The number of ether oxygens (including phenoxy) is 2. The van der Waals surface area contributed by atoms with Crippen molar-refractivity contribution in [2.75, 3.05) is 13.7 Å². The molecule has 0 bridgehead atoms. The van der Waals surface area contributed by atoms with Crippen molar-refractivity contribution >= 4 is 22.0 Å². The van der Waals surface area contributed by atoms with Crippen molar-refractivity contribution in [1.29, 1.82) is 0 Å². The lowest BCUT2D eigenvalue weighted by Crippen LogP contribution is -2.53. The summed E-state index contributed by atoms with van der Waals surface area (Å²) in [6.45, 7) is 1.92. The number of methoxy groups -OCH3 is 1. The monoisotopic (exact) mass is 519 g/mol. The predicted molar refractivity (Wildman–Crippen MR) is 132 cm³/mol. The Morgan fingerprint density at radius 3 is 2.25 bits per heavy atom. The molecule has 0 aromatic heterocycles. The van der Waals surface area contributed by atoms with Gasteiger partial charge < -0.3 is 14.8 Å². The van der Waals surface area contributed by atoms with Crippen molar-refractivity contribution < 1.29 is 32.7 Å². The number of rotatable bonds is 10. The SMILES string of the molecule is CCOC(=O)NC1CCC([C@H](C(=O)NO)N(Cc2ccccc2)S(=O)(=O)c2ccc(OC)cc2)CC1. The van der Waals surface area contributed by atoms with Crippen LogP contribution >= 0.6 is 0 Å². The molecule has 0 saturated heterocycles. The van der Waals surface area contributed by atoms with Crippen molar-refractivity contribution in [1.82, 2.24) is 15.1 Å². The van der Waals surface area contributed by atoms with Crippen LogP contribution in [-0.4, -0.2) is 55.7 Å². The smallest absolute Gasteiger partial charge is 0.407 e. The Bertz CT molecular complexity index is 1100. The molecule has 11 heteroatoms. The number of amides is 2. The third kappa shape index (κ3) is 6.74. The summed E-state index contributed by atoms with van der Waals surface area (Å²) in [4.78, 5) is 24.8. The summed E-state index contributed by atoms with van der Waals surface area (Å²) >= 11 is 0. The van der Waals surface area contributed by atoms with E-state index < -0.39 is 28.1 Å². The fourth-order valence-electron chi connectivity index (χ4n) is 4.54. The normalized spacial score (nSPS) is 18.8. The van der Waals surface area contributed by atoms with Crippen LogP contribution in [0.4, 0.5) is 4.79 Å². The van der Waals surface area contributed by atoms with Crippen LogP contribution in [0.15, 0.2) is 59.5 Å². The van der Waals surface area contributed by atoms with Gasteiger partial charge in [0.25, 0.3) is 5.91 Å². The number of nitrogens with zero attached hydrogens (tertiary/aromatic N) is 1. The van der Waals surface area contributed by atoms with Crippen molar-refractivity contribution in [3.8, 4) is 5.75 Å². The average molecular weight is 520 g/mol. The lowest BCUT2D eigenvalue weighted by atomic mass is 9.81. The van der Waals surface area contributed by atoms with E-state index in [1.165, 1.54) is 19.2 Å². The third-order valence-corrected chi connectivity index (χ3v) is 8.19. The third-order valence-electron chi connectivity index (χ3n) is 6.35. The second kappa shape index (κ2) is 12.7. The molecule has 196 valence electrons. The Hall–Kier alpha value is -3.15. The molecule has 10 nitrogen and oxygen atoms in total. The lowest BCUT2D eigenvalue weighted by Gasteiger charge is -2.38. The van der Waals surface area contributed by atoms with Crippen molar-refractivity contribution in [2.45, 2.75) is 56.1 Å². The molecule has 3 rings (SSSR count). The standard InChI is InChI=1S/C25H33N3O7S/c1-3-35-25(30)26-20-11-9-19(10-12-20)23(24(29)27-31)28(17-18-7-5-4-6-8-18)36(32,33)22-15-13-21(34-2)14-16-22/h4-8,13-16,19-20,23,31H,3,9-12,17H2,1-2H3,(H,26,30)(H,27,29)/t19?,20?,23-/m1/s1. The van der Waals surface area contributed by atoms with Crippen LogP contribution in [0.2, 0.25) is 0 Å². The summed E-state index contributed by atoms with van der Waals surface area (Å²) in [5, 5.41) is 12.4. The van der Waals surface area contributed by atoms with E-state index in [0.29, 0.717) is 37.0 Å². The number of sulfonamides is 1. The van der Waals surface area contributed by atoms with Crippen LogP contribution in [0.5, 0.6) is 5.75 Å². The first kappa shape index (κ1) is 27.4. The summed E-state index contributed by atoms with van der Waals surface area (Å²) in [7, 11) is -2.67. The van der Waals surface area contributed by atoms with Gasteiger partial charge in [0, 0.05) is 12.6 Å². The molecule has 36 heavy (non-hydrogen) atoms. The second-order valence-corrected chi connectivity index (χ2v) is 10.5. The fourth-order valence-corrected chi connectivity index (χ4v) is 6.18. The van der Waals surface area contributed by atoms with Crippen LogP contribution in [0.25, 0.3) is 0 Å². The molecule has 1 atom stereocenters. The van der Waals surface area contributed by atoms with Gasteiger partial charge in [-0.05, 0) is 68.4 Å². The Balaban J connectivity index is 1.93. The van der Waals surface area contributed by atoms with Gasteiger partial charge in [-0.2, -0.15) is 4.31 Å². The Morgan fingerprint density at radius 1 is 1.06 bits per heavy atom. The summed E-state index contributed by atoms with van der Waals surface area (Å²) in [6.07, 6.45) is 1.52. The van der Waals surface area contributed by atoms with Crippen molar-refractivity contribution in [3.05, 3.63) is 60.2 Å². The number of alkyl carbamates (subject to hydrolysis) is 1. The number of benzene rings is 2. The largest absolute Gasteiger partial charge is 0.497 e. The number of carbonyl (C=O) groups excluding carboxylic acids is 2. The van der Waals surface area contributed by atoms with Gasteiger partial charge in [-0.1, -0.05) is 30.3 Å². The van der Waals surface area contributed by atoms with Crippen LogP contribution in [-0.2, 0) is 26.1 Å². The molecule has 1 aliphatic rings. The zero-order chi connectivity index (χ0) is 26.1. The summed E-state index contributed by atoms with van der Waals surface area (Å²) in [5.41, 5.74) is 2.37. The van der Waals surface area contributed by atoms with E-state index in [9.17, 15) is 23.2 Å². The molecule has 2 aromatic carbocycles. The molecule has 1 fully saturated rings. The van der Waals surface area contributed by atoms with E-state index >= 15 is 0 Å². The molecule has 0 radical (unpaired) electrons. The minimum atomic E-state index is -4.15. The summed E-state index contributed by atoms with van der Waals surface area (Å²) in [5.74, 6) is -0.681. The zero-order valence-corrected chi connectivity index (χ0v) is 21.2. The molecule has 0 unspecified atom stereocenters. The zero-order valence-electron chi connectivity index (χ0n) is 20.4. The van der Waals surface area contributed by atoms with Gasteiger partial charge >= 0.3 is 6.09 Å². The second-order valence-electron chi connectivity index (χ2n) is 8.61. The molecule has 1 aliphatic carbocycles. The molecule has 2 aromatic rings. The van der Waals surface area contributed by atoms with Crippen LogP contribution in [0, 0.1) is 5.92 Å². The van der Waals surface area contributed by atoms with Gasteiger partial charge in [-0.15, -0.1) is 0 Å². The Morgan fingerprint density at radius 2 is 1.69 bits per heavy atom. The molecule has 2 amide bonds. The highest BCUT2D eigenvalue weighted by Gasteiger charge is 2.42. The molecule has 0 heterocycles. The van der Waals surface area contributed by atoms with E-state index in [1.807, 2.05) is 6.07 Å². The highest BCUT2D eigenvalue weighted by Crippen LogP contribution is 2.34. The number of hydroxylamine groups is 1. The van der Waals surface area contributed by atoms with Gasteiger partial charge in [0.15, 0.2) is 0 Å². The Labute approximate surface area is 211 Å². The first-order valence-electron chi connectivity index (χ1n) is 11.9. The number of nitrogens with one attached hydrogen (secondary N) is 2. The number of hydrogen-bond donors (Lipinski definition) is 3. The number of hydrogen-bond acceptors (Lipinski definition) is 7. The van der Waals surface area contributed by atoms with Crippen LogP contribution in [0.3, 0.4) is 0 Å². The van der Waals surface area contributed by atoms with Gasteiger partial charge in [0.2, 0.25) is 10.0 Å². The van der Waals surface area contributed by atoms with Crippen LogP contribution in [0.1, 0.15) is 38.2 Å². The van der Waals surface area contributed by atoms with E-state index in [0.717, 1.165) is 4.31 Å². The predicted octanol–water partition coefficient (Wildman–Crippen LogP) is 3.07. The summed E-state index contributed by atoms with van der Waals surface area (Å²) in [6, 6.07) is 13.6. The van der Waals surface area contributed by atoms with E-state index in [2.05, 4.69) is 5.32 Å². The molecule has 1 saturated carbocycles. The van der Waals surface area contributed by atoms with Gasteiger partial charge in [-0.25, -0.2) is 18.7 Å².